The molecule has 0 aliphatic heterocycles. The third kappa shape index (κ3) is 2.82. The molecule has 2 aromatic carbocycles. The number of fused-ring (bicyclic) bond motifs is 1. The van der Waals surface area contributed by atoms with E-state index in [0.717, 1.165) is 23.6 Å². The van der Waals surface area contributed by atoms with Crippen molar-refractivity contribution in [2.24, 2.45) is 5.73 Å². The van der Waals surface area contributed by atoms with E-state index < -0.39 is 0 Å². The molecule has 0 spiro atoms. The molecule has 0 saturated heterocycles. The molecule has 0 unspecified atom stereocenters. The van der Waals surface area contributed by atoms with Gasteiger partial charge in [-0.3, -0.25) is 0 Å². The Balaban J connectivity index is 1.91. The van der Waals surface area contributed by atoms with Crippen molar-refractivity contribution in [3.8, 4) is 5.75 Å². The van der Waals surface area contributed by atoms with Crippen molar-refractivity contribution in [1.29, 1.82) is 0 Å². The maximum Gasteiger partial charge on any atom is 0.128 e. The van der Waals surface area contributed by atoms with E-state index in [1.54, 1.807) is 0 Å². The van der Waals surface area contributed by atoms with Crippen LogP contribution in [0.15, 0.2) is 48.5 Å². The summed E-state index contributed by atoms with van der Waals surface area (Å²) in [6.45, 7) is 4.09. The van der Waals surface area contributed by atoms with Crippen LogP contribution in [0.2, 0.25) is 5.02 Å². The van der Waals surface area contributed by atoms with E-state index in [2.05, 4.69) is 29.7 Å². The van der Waals surface area contributed by atoms with E-state index in [1.165, 1.54) is 10.9 Å². The summed E-state index contributed by atoms with van der Waals surface area (Å²) in [5, 5.41) is 1.92. The van der Waals surface area contributed by atoms with E-state index in [-0.39, 0.29) is 0 Å². The minimum absolute atomic E-state index is 0.522. The molecule has 1 heterocycles. The van der Waals surface area contributed by atoms with Crippen LogP contribution in [0.5, 0.6) is 5.75 Å². The number of halogens is 1. The fraction of sp³-hybridized carbons (Fsp3) is 0.222. The molecule has 22 heavy (non-hydrogen) atoms. The maximum atomic E-state index is 5.89. The molecule has 4 heteroatoms. The van der Waals surface area contributed by atoms with Gasteiger partial charge in [0.15, 0.2) is 0 Å². The quantitative estimate of drug-likeness (QED) is 0.760. The van der Waals surface area contributed by atoms with Crippen LogP contribution in [0.1, 0.15) is 18.2 Å². The molecular weight excluding hydrogens is 296 g/mol. The number of benzene rings is 2. The van der Waals surface area contributed by atoms with Gasteiger partial charge in [0.25, 0.3) is 0 Å². The summed E-state index contributed by atoms with van der Waals surface area (Å²) in [5.74, 6) is 0.816. The highest BCUT2D eigenvalue weighted by Crippen LogP contribution is 2.25. The zero-order valence-electron chi connectivity index (χ0n) is 12.6. The molecule has 3 nitrogen and oxygen atoms in total. The predicted octanol–water partition coefficient (Wildman–Crippen LogP) is 4.35. The molecule has 0 aliphatic carbocycles. The van der Waals surface area contributed by atoms with Crippen LogP contribution in [-0.2, 0) is 19.7 Å². The predicted molar refractivity (Wildman–Crippen MR) is 91.3 cm³/mol. The molecule has 0 aliphatic rings. The Bertz CT molecular complexity index is 778. The number of hydrogen-bond donors (Lipinski definition) is 1. The van der Waals surface area contributed by atoms with Gasteiger partial charge in [-0.25, -0.2) is 0 Å². The molecule has 0 radical (unpaired) electrons. The van der Waals surface area contributed by atoms with Crippen molar-refractivity contribution in [2.75, 3.05) is 0 Å². The van der Waals surface area contributed by atoms with Gasteiger partial charge >= 0.3 is 0 Å². The van der Waals surface area contributed by atoms with Crippen molar-refractivity contribution in [3.05, 3.63) is 64.8 Å². The minimum Gasteiger partial charge on any atom is -0.487 e. The lowest BCUT2D eigenvalue weighted by molar-refractivity contribution is 0.296. The summed E-state index contributed by atoms with van der Waals surface area (Å²) in [7, 11) is 0. The SMILES string of the molecule is CCn1c(COc2ccc(Cl)cc2)cc2cccc(CN)c21. The monoisotopic (exact) mass is 314 g/mol. The van der Waals surface area contributed by atoms with Crippen LogP contribution in [-0.4, -0.2) is 4.57 Å². The average Bonchev–Trinajstić information content (AvgIpc) is 2.91. The normalized spacial score (nSPS) is 11.0. The molecule has 0 fully saturated rings. The summed E-state index contributed by atoms with van der Waals surface area (Å²) >= 11 is 5.89. The lowest BCUT2D eigenvalue weighted by atomic mass is 10.1. The van der Waals surface area contributed by atoms with Gasteiger partial charge < -0.3 is 15.0 Å². The van der Waals surface area contributed by atoms with Crippen molar-refractivity contribution < 1.29 is 4.74 Å². The number of nitrogens with zero attached hydrogens (tertiary/aromatic N) is 1. The Labute approximate surface area is 135 Å². The zero-order chi connectivity index (χ0) is 15.5. The van der Waals surface area contributed by atoms with E-state index in [4.69, 9.17) is 22.1 Å². The highest BCUT2D eigenvalue weighted by molar-refractivity contribution is 6.30. The summed E-state index contributed by atoms with van der Waals surface area (Å²) < 4.78 is 8.15. The molecule has 114 valence electrons. The zero-order valence-corrected chi connectivity index (χ0v) is 13.3. The molecule has 3 rings (SSSR count). The van der Waals surface area contributed by atoms with Crippen molar-refractivity contribution in [2.45, 2.75) is 26.6 Å². The first-order valence-corrected chi connectivity index (χ1v) is 7.79. The Kier molecular flexibility index (Phi) is 4.36. The van der Waals surface area contributed by atoms with Gasteiger partial charge in [0.1, 0.15) is 12.4 Å². The lowest BCUT2D eigenvalue weighted by Gasteiger charge is -2.11. The average molecular weight is 315 g/mol. The highest BCUT2D eigenvalue weighted by Gasteiger charge is 2.11. The third-order valence-corrected chi connectivity index (χ3v) is 4.08. The standard InChI is InChI=1S/C18H19ClN2O/c1-2-21-16(12-22-17-8-6-15(19)7-9-17)10-13-4-3-5-14(11-20)18(13)21/h3-10H,2,11-12,20H2,1H3. The molecule has 0 saturated carbocycles. The molecule has 2 N–H and O–H groups in total. The van der Waals surface area contributed by atoms with E-state index in [1.807, 2.05) is 30.3 Å². The lowest BCUT2D eigenvalue weighted by Crippen LogP contribution is -2.07. The van der Waals surface area contributed by atoms with Crippen LogP contribution in [0, 0.1) is 0 Å². The van der Waals surface area contributed by atoms with Gasteiger partial charge in [-0.2, -0.15) is 0 Å². The van der Waals surface area contributed by atoms with E-state index in [9.17, 15) is 0 Å². The third-order valence-electron chi connectivity index (χ3n) is 3.83. The number of ether oxygens (including phenoxy) is 1. The number of nitrogens with two attached hydrogens (primary N) is 1. The van der Waals surface area contributed by atoms with Crippen molar-refractivity contribution in [1.82, 2.24) is 4.57 Å². The molecule has 0 atom stereocenters. The number of aromatic nitrogens is 1. The second kappa shape index (κ2) is 6.42. The molecule has 0 bridgehead atoms. The van der Waals surface area contributed by atoms with E-state index in [0.29, 0.717) is 18.2 Å². The van der Waals surface area contributed by atoms with Crippen LogP contribution in [0.25, 0.3) is 10.9 Å². The van der Waals surface area contributed by atoms with Gasteiger partial charge in [0.2, 0.25) is 0 Å². The molecule has 1 aromatic heterocycles. The Hall–Kier alpha value is -1.97. The van der Waals surface area contributed by atoms with Gasteiger partial charge in [-0.15, -0.1) is 0 Å². The second-order valence-corrected chi connectivity index (χ2v) is 5.62. The van der Waals surface area contributed by atoms with Gasteiger partial charge in [-0.05, 0) is 42.8 Å². The van der Waals surface area contributed by atoms with Gasteiger partial charge in [0.05, 0.1) is 11.2 Å². The minimum atomic E-state index is 0.522. The Morgan fingerprint density at radius 1 is 1.14 bits per heavy atom. The first-order valence-electron chi connectivity index (χ1n) is 7.41. The van der Waals surface area contributed by atoms with Gasteiger partial charge in [0, 0.05) is 23.5 Å². The van der Waals surface area contributed by atoms with Crippen molar-refractivity contribution >= 4 is 22.5 Å². The second-order valence-electron chi connectivity index (χ2n) is 5.18. The first kappa shape index (κ1) is 14.9. The molecular formula is C18H19ClN2O. The topological polar surface area (TPSA) is 40.2 Å². The number of rotatable bonds is 5. The largest absolute Gasteiger partial charge is 0.487 e. The fourth-order valence-electron chi connectivity index (χ4n) is 2.79. The first-order chi connectivity index (χ1) is 10.7. The van der Waals surface area contributed by atoms with Crippen LogP contribution in [0.4, 0.5) is 0 Å². The number of hydrogen-bond acceptors (Lipinski definition) is 2. The summed E-state index contributed by atoms with van der Waals surface area (Å²) in [4.78, 5) is 0. The Morgan fingerprint density at radius 2 is 1.91 bits per heavy atom. The number of aryl methyl sites for hydroxylation is 1. The van der Waals surface area contributed by atoms with E-state index >= 15 is 0 Å². The van der Waals surface area contributed by atoms with Crippen LogP contribution < -0.4 is 10.5 Å². The molecule has 3 aromatic rings. The smallest absolute Gasteiger partial charge is 0.128 e. The Morgan fingerprint density at radius 3 is 2.59 bits per heavy atom. The molecule has 0 amide bonds. The summed E-state index contributed by atoms with van der Waals surface area (Å²) in [6.07, 6.45) is 0. The fourth-order valence-corrected chi connectivity index (χ4v) is 2.92. The van der Waals surface area contributed by atoms with Crippen LogP contribution in [0.3, 0.4) is 0 Å². The number of para-hydroxylation sites is 1. The summed E-state index contributed by atoms with van der Waals surface area (Å²) in [5.41, 5.74) is 9.39. The van der Waals surface area contributed by atoms with Crippen LogP contribution >= 0.6 is 11.6 Å². The van der Waals surface area contributed by atoms with Crippen molar-refractivity contribution in [3.63, 3.8) is 0 Å². The highest BCUT2D eigenvalue weighted by atomic mass is 35.5. The summed E-state index contributed by atoms with van der Waals surface area (Å²) in [6, 6.07) is 15.9. The maximum absolute atomic E-state index is 5.89. The van der Waals surface area contributed by atoms with Gasteiger partial charge in [-0.1, -0.05) is 29.8 Å².